The lowest BCUT2D eigenvalue weighted by molar-refractivity contribution is 0.0114. The fourth-order valence-corrected chi connectivity index (χ4v) is 2.65. The zero-order valence-corrected chi connectivity index (χ0v) is 14.0. The third-order valence-electron chi connectivity index (χ3n) is 4.00. The third-order valence-corrected chi connectivity index (χ3v) is 4.00. The maximum Gasteiger partial charge on any atom is 0.0609 e. The summed E-state index contributed by atoms with van der Waals surface area (Å²) >= 11 is 0. The van der Waals surface area contributed by atoms with Gasteiger partial charge in [-0.1, -0.05) is 69.0 Å². The number of ether oxygens (including phenoxy) is 1. The molecule has 0 aromatic heterocycles. The van der Waals surface area contributed by atoms with Crippen molar-refractivity contribution in [2.45, 2.75) is 58.0 Å². The fourth-order valence-electron chi connectivity index (χ4n) is 2.65. The Hall–Kier alpha value is -1.12. The Bertz CT molecular complexity index is 375. The van der Waals surface area contributed by atoms with E-state index in [1.807, 2.05) is 24.3 Å². The van der Waals surface area contributed by atoms with Crippen LogP contribution in [0.15, 0.2) is 43.0 Å². The number of aliphatic hydroxyl groups is 1. The van der Waals surface area contributed by atoms with Crippen LogP contribution in [-0.4, -0.2) is 24.4 Å². The first-order chi connectivity index (χ1) is 10.8. The number of hydrogen-bond acceptors (Lipinski definition) is 2. The topological polar surface area (TPSA) is 29.5 Å². The smallest absolute Gasteiger partial charge is 0.0609 e. The van der Waals surface area contributed by atoms with Gasteiger partial charge >= 0.3 is 0 Å². The van der Waals surface area contributed by atoms with Crippen LogP contribution in [0.5, 0.6) is 0 Å². The zero-order valence-electron chi connectivity index (χ0n) is 14.0. The van der Waals surface area contributed by atoms with E-state index in [1.54, 1.807) is 0 Å². The molecule has 1 aromatic carbocycles. The molecule has 0 spiro atoms. The summed E-state index contributed by atoms with van der Waals surface area (Å²) < 4.78 is 6.06. The first-order valence-corrected chi connectivity index (χ1v) is 8.67. The molecule has 1 rings (SSSR count). The minimum atomic E-state index is 0.172. The highest BCUT2D eigenvalue weighted by molar-refractivity contribution is 5.15. The molecule has 2 heteroatoms. The molecule has 0 radical (unpaired) electrons. The van der Waals surface area contributed by atoms with Crippen molar-refractivity contribution in [2.24, 2.45) is 5.92 Å². The van der Waals surface area contributed by atoms with Gasteiger partial charge in [-0.05, 0) is 24.8 Å². The van der Waals surface area contributed by atoms with Gasteiger partial charge in [-0.25, -0.2) is 0 Å². The summed E-state index contributed by atoms with van der Waals surface area (Å²) in [6.45, 7) is 6.85. The van der Waals surface area contributed by atoms with Crippen LogP contribution in [0.25, 0.3) is 0 Å². The van der Waals surface area contributed by atoms with E-state index in [0.717, 1.165) is 19.3 Å². The first kappa shape index (κ1) is 18.9. The average Bonchev–Trinajstić information content (AvgIpc) is 2.56. The Labute approximate surface area is 136 Å². The minimum absolute atomic E-state index is 0.172. The molecule has 0 bridgehead atoms. The Kier molecular flexibility index (Phi) is 10.7. The molecule has 0 heterocycles. The number of hydrogen-bond donors (Lipinski definition) is 1. The molecule has 0 aliphatic heterocycles. The van der Waals surface area contributed by atoms with E-state index in [9.17, 15) is 5.11 Å². The van der Waals surface area contributed by atoms with Crippen molar-refractivity contribution in [3.8, 4) is 0 Å². The number of rotatable bonds is 13. The summed E-state index contributed by atoms with van der Waals surface area (Å²) in [7, 11) is 0. The molecule has 0 saturated carbocycles. The van der Waals surface area contributed by atoms with Gasteiger partial charge in [-0.15, -0.1) is 6.58 Å². The Balaban J connectivity index is 2.35. The third kappa shape index (κ3) is 8.35. The van der Waals surface area contributed by atoms with Crippen molar-refractivity contribution in [3.05, 3.63) is 48.6 Å². The van der Waals surface area contributed by atoms with Crippen LogP contribution in [-0.2, 0) is 11.2 Å². The van der Waals surface area contributed by atoms with Crippen molar-refractivity contribution in [2.75, 3.05) is 13.2 Å². The molecule has 1 aromatic rings. The molecule has 2 atom stereocenters. The second-order valence-electron chi connectivity index (χ2n) is 6.07. The van der Waals surface area contributed by atoms with Gasteiger partial charge in [0.1, 0.15) is 0 Å². The molecule has 22 heavy (non-hydrogen) atoms. The summed E-state index contributed by atoms with van der Waals surface area (Å²) in [4.78, 5) is 0. The lowest BCUT2D eigenvalue weighted by Crippen LogP contribution is -2.22. The summed E-state index contributed by atoms with van der Waals surface area (Å²) in [5.74, 6) is 0.172. The van der Waals surface area contributed by atoms with Crippen LogP contribution in [0.1, 0.15) is 51.0 Å². The van der Waals surface area contributed by atoms with Crippen molar-refractivity contribution in [3.63, 3.8) is 0 Å². The highest BCUT2D eigenvalue weighted by Crippen LogP contribution is 2.15. The Morgan fingerprint density at radius 2 is 1.95 bits per heavy atom. The molecule has 0 aliphatic carbocycles. The van der Waals surface area contributed by atoms with Gasteiger partial charge < -0.3 is 9.84 Å². The fraction of sp³-hybridized carbons (Fsp3) is 0.600. The SMILES string of the molecule is C=CC[C@@H](CCCCCC)OC[C@@H](CO)Cc1ccccc1. The molecule has 0 saturated heterocycles. The first-order valence-electron chi connectivity index (χ1n) is 8.67. The van der Waals surface area contributed by atoms with Crippen LogP contribution >= 0.6 is 0 Å². The average molecular weight is 304 g/mol. The van der Waals surface area contributed by atoms with Crippen LogP contribution < -0.4 is 0 Å². The molecular weight excluding hydrogens is 272 g/mol. The summed E-state index contributed by atoms with van der Waals surface area (Å²) in [6, 6.07) is 10.3. The van der Waals surface area contributed by atoms with Crippen LogP contribution in [0.2, 0.25) is 0 Å². The van der Waals surface area contributed by atoms with E-state index >= 15 is 0 Å². The van der Waals surface area contributed by atoms with Crippen molar-refractivity contribution in [1.82, 2.24) is 0 Å². The van der Waals surface area contributed by atoms with Crippen LogP contribution in [0.4, 0.5) is 0 Å². The van der Waals surface area contributed by atoms with Crippen molar-refractivity contribution in [1.29, 1.82) is 0 Å². The van der Waals surface area contributed by atoms with Crippen molar-refractivity contribution < 1.29 is 9.84 Å². The van der Waals surface area contributed by atoms with E-state index in [4.69, 9.17) is 4.74 Å². The molecule has 2 nitrogen and oxygen atoms in total. The number of benzene rings is 1. The Morgan fingerprint density at radius 3 is 2.59 bits per heavy atom. The van der Waals surface area contributed by atoms with Gasteiger partial charge in [0.25, 0.3) is 0 Å². The molecule has 124 valence electrons. The van der Waals surface area contributed by atoms with Crippen molar-refractivity contribution >= 4 is 0 Å². The van der Waals surface area contributed by atoms with E-state index in [2.05, 4.69) is 25.6 Å². The second-order valence-corrected chi connectivity index (χ2v) is 6.07. The maximum absolute atomic E-state index is 9.58. The van der Waals surface area contributed by atoms with Gasteiger partial charge in [-0.3, -0.25) is 0 Å². The van der Waals surface area contributed by atoms with E-state index in [0.29, 0.717) is 6.61 Å². The summed E-state index contributed by atoms with van der Waals surface area (Å²) in [5, 5.41) is 9.58. The molecule has 0 aliphatic rings. The van der Waals surface area contributed by atoms with E-state index in [1.165, 1.54) is 31.2 Å². The predicted octanol–water partition coefficient (Wildman–Crippen LogP) is 4.77. The zero-order chi connectivity index (χ0) is 16.0. The molecule has 0 fully saturated rings. The number of aliphatic hydroxyl groups excluding tert-OH is 1. The van der Waals surface area contributed by atoms with Crippen LogP contribution in [0.3, 0.4) is 0 Å². The lowest BCUT2D eigenvalue weighted by Gasteiger charge is -2.21. The standard InChI is InChI=1S/C20H32O2/c1-3-5-6-10-14-20(11-4-2)22-17-19(16-21)15-18-12-8-7-9-13-18/h4,7-9,12-13,19-21H,2-3,5-6,10-11,14-17H2,1H3/t19-,20+/m1/s1. The molecule has 1 N–H and O–H groups in total. The quantitative estimate of drug-likeness (QED) is 0.420. The molecular formula is C20H32O2. The molecule has 0 amide bonds. The molecule has 0 unspecified atom stereocenters. The monoisotopic (exact) mass is 304 g/mol. The summed E-state index contributed by atoms with van der Waals surface area (Å²) in [6.07, 6.45) is 10.1. The van der Waals surface area contributed by atoms with E-state index in [-0.39, 0.29) is 18.6 Å². The lowest BCUT2D eigenvalue weighted by atomic mass is 10.0. The van der Waals surface area contributed by atoms with Gasteiger partial charge in [-0.2, -0.15) is 0 Å². The van der Waals surface area contributed by atoms with Gasteiger partial charge in [0.05, 0.1) is 12.7 Å². The van der Waals surface area contributed by atoms with Gasteiger partial charge in [0.2, 0.25) is 0 Å². The maximum atomic E-state index is 9.58. The largest absolute Gasteiger partial charge is 0.396 e. The van der Waals surface area contributed by atoms with E-state index < -0.39 is 0 Å². The predicted molar refractivity (Wildman–Crippen MR) is 94.0 cm³/mol. The summed E-state index contributed by atoms with van der Waals surface area (Å²) in [5.41, 5.74) is 1.26. The normalized spacial score (nSPS) is 13.7. The Morgan fingerprint density at radius 1 is 1.18 bits per heavy atom. The van der Waals surface area contributed by atoms with Gasteiger partial charge in [0, 0.05) is 12.5 Å². The van der Waals surface area contributed by atoms with Crippen LogP contribution in [0, 0.1) is 5.92 Å². The number of unbranched alkanes of at least 4 members (excludes halogenated alkanes) is 3. The van der Waals surface area contributed by atoms with Gasteiger partial charge in [0.15, 0.2) is 0 Å². The minimum Gasteiger partial charge on any atom is -0.396 e. The second kappa shape index (κ2) is 12.4. The highest BCUT2D eigenvalue weighted by Gasteiger charge is 2.13. The highest BCUT2D eigenvalue weighted by atomic mass is 16.5.